The number of nitro benzene ring substituents is 1. The van der Waals surface area contributed by atoms with Crippen LogP contribution < -0.4 is 4.74 Å². The average Bonchev–Trinajstić information content (AvgIpc) is 2.25. The molecule has 16 heavy (non-hydrogen) atoms. The lowest BCUT2D eigenvalue weighted by Crippen LogP contribution is -2.01. The normalized spacial score (nSPS) is 9.88. The van der Waals surface area contributed by atoms with Gasteiger partial charge in [0.2, 0.25) is 0 Å². The molecule has 0 aromatic heterocycles. The van der Waals surface area contributed by atoms with E-state index in [4.69, 9.17) is 16.3 Å². The van der Waals surface area contributed by atoms with Crippen LogP contribution in [-0.4, -0.2) is 16.8 Å². The van der Waals surface area contributed by atoms with E-state index in [1.165, 1.54) is 18.2 Å². The molecule has 0 aliphatic carbocycles. The van der Waals surface area contributed by atoms with E-state index in [9.17, 15) is 14.9 Å². The quantitative estimate of drug-likeness (QED) is 0.453. The summed E-state index contributed by atoms with van der Waals surface area (Å²) in [5, 5.41) is 10.0. The maximum atomic E-state index is 10.9. The van der Waals surface area contributed by atoms with E-state index in [0.717, 1.165) is 6.42 Å². The smallest absolute Gasteiger partial charge is 0.310 e. The highest BCUT2D eigenvalue weighted by atomic mass is 35.5. The minimum atomic E-state index is -0.670. The largest absolute Gasteiger partial charge is 0.487 e. The van der Waals surface area contributed by atoms with Crippen LogP contribution in [-0.2, 0) is 0 Å². The molecule has 0 atom stereocenters. The van der Waals surface area contributed by atoms with Gasteiger partial charge in [-0.05, 0) is 30.2 Å². The van der Waals surface area contributed by atoms with Crippen molar-refractivity contribution in [2.45, 2.75) is 13.3 Å². The average molecular weight is 244 g/mol. The number of ether oxygens (including phenoxy) is 1. The molecule has 0 heterocycles. The van der Waals surface area contributed by atoms with Crippen LogP contribution in [0, 0.1) is 10.1 Å². The van der Waals surface area contributed by atoms with Crippen molar-refractivity contribution in [3.05, 3.63) is 33.9 Å². The summed E-state index contributed by atoms with van der Waals surface area (Å²) in [6, 6.07) is 3.79. The number of carbonyl (C=O) groups is 1. The second kappa shape index (κ2) is 5.46. The fraction of sp³-hybridized carbons (Fsp3) is 0.300. The Labute approximate surface area is 97.1 Å². The van der Waals surface area contributed by atoms with Gasteiger partial charge in [-0.25, -0.2) is 0 Å². The summed E-state index contributed by atoms with van der Waals surface area (Å²) in [6.45, 7) is 2.23. The number of hydrogen-bond donors (Lipinski definition) is 0. The third-order valence-electron chi connectivity index (χ3n) is 1.85. The Morgan fingerprint density at radius 2 is 2.25 bits per heavy atom. The van der Waals surface area contributed by atoms with Crippen LogP contribution >= 0.6 is 11.6 Å². The van der Waals surface area contributed by atoms with Crippen LogP contribution in [0.4, 0.5) is 5.69 Å². The van der Waals surface area contributed by atoms with Crippen molar-refractivity contribution in [2.75, 3.05) is 6.61 Å². The van der Waals surface area contributed by atoms with Gasteiger partial charge in [0.15, 0.2) is 5.75 Å². The van der Waals surface area contributed by atoms with Gasteiger partial charge in [0.1, 0.15) is 0 Å². The fourth-order valence-electron chi connectivity index (χ4n) is 1.11. The summed E-state index contributed by atoms with van der Waals surface area (Å²) in [7, 11) is 0. The molecule has 6 heteroatoms. The summed E-state index contributed by atoms with van der Waals surface area (Å²) in [5.74, 6) is 0.0679. The molecular formula is C10H10ClNO4. The number of benzene rings is 1. The molecule has 1 aromatic carbocycles. The Morgan fingerprint density at radius 1 is 1.56 bits per heavy atom. The van der Waals surface area contributed by atoms with Crippen molar-refractivity contribution >= 4 is 22.5 Å². The Balaban J connectivity index is 3.10. The van der Waals surface area contributed by atoms with Crippen molar-refractivity contribution in [2.24, 2.45) is 0 Å². The maximum absolute atomic E-state index is 10.9. The maximum Gasteiger partial charge on any atom is 0.310 e. The number of nitro groups is 1. The highest BCUT2D eigenvalue weighted by molar-refractivity contribution is 6.67. The molecule has 86 valence electrons. The molecule has 0 saturated heterocycles. The van der Waals surface area contributed by atoms with Gasteiger partial charge in [-0.1, -0.05) is 6.92 Å². The second-order valence-corrected chi connectivity index (χ2v) is 3.41. The number of hydrogen-bond acceptors (Lipinski definition) is 4. The summed E-state index contributed by atoms with van der Waals surface area (Å²) in [4.78, 5) is 21.0. The molecule has 0 fully saturated rings. The Hall–Kier alpha value is -1.62. The third kappa shape index (κ3) is 2.93. The minimum absolute atomic E-state index is 0.0679. The zero-order valence-electron chi connectivity index (χ0n) is 8.60. The van der Waals surface area contributed by atoms with Crippen LogP contribution in [0.2, 0.25) is 0 Å². The molecular weight excluding hydrogens is 234 g/mol. The Bertz CT molecular complexity index is 419. The summed E-state index contributed by atoms with van der Waals surface area (Å²) < 4.78 is 5.19. The van der Waals surface area contributed by atoms with Crippen LogP contribution in [0.1, 0.15) is 23.7 Å². The molecule has 0 saturated carbocycles. The van der Waals surface area contributed by atoms with Crippen molar-refractivity contribution in [3.8, 4) is 5.75 Å². The summed E-state index contributed by atoms with van der Waals surface area (Å²) >= 11 is 5.28. The molecule has 0 aliphatic rings. The number of halogens is 1. The lowest BCUT2D eigenvalue weighted by atomic mass is 10.2. The molecule has 0 radical (unpaired) electrons. The number of nitrogens with zero attached hydrogens (tertiary/aromatic N) is 1. The highest BCUT2D eigenvalue weighted by Gasteiger charge is 2.17. The molecule has 0 N–H and O–H groups in total. The second-order valence-electron chi connectivity index (χ2n) is 3.06. The first-order chi connectivity index (χ1) is 7.56. The number of rotatable bonds is 5. The first kappa shape index (κ1) is 12.4. The van der Waals surface area contributed by atoms with Crippen LogP contribution in [0.3, 0.4) is 0 Å². The van der Waals surface area contributed by atoms with Crippen LogP contribution in [0.25, 0.3) is 0 Å². The molecule has 0 amide bonds. The third-order valence-corrected chi connectivity index (χ3v) is 2.06. The van der Waals surface area contributed by atoms with E-state index in [-0.39, 0.29) is 17.0 Å². The topological polar surface area (TPSA) is 69.4 Å². The van der Waals surface area contributed by atoms with E-state index in [0.29, 0.717) is 6.61 Å². The minimum Gasteiger partial charge on any atom is -0.487 e. The van der Waals surface area contributed by atoms with Crippen LogP contribution in [0.5, 0.6) is 5.75 Å². The SMILES string of the molecule is CCCOc1cc(C(=O)Cl)ccc1[N+](=O)[O-]. The Kier molecular flexibility index (Phi) is 4.25. The predicted molar refractivity (Wildman–Crippen MR) is 59.1 cm³/mol. The van der Waals surface area contributed by atoms with Crippen molar-refractivity contribution < 1.29 is 14.5 Å². The number of carbonyl (C=O) groups excluding carboxylic acids is 1. The highest BCUT2D eigenvalue weighted by Crippen LogP contribution is 2.28. The van der Waals surface area contributed by atoms with Crippen molar-refractivity contribution in [1.29, 1.82) is 0 Å². The molecule has 1 rings (SSSR count). The lowest BCUT2D eigenvalue weighted by Gasteiger charge is -2.05. The zero-order valence-corrected chi connectivity index (χ0v) is 9.36. The lowest BCUT2D eigenvalue weighted by molar-refractivity contribution is -0.385. The van der Waals surface area contributed by atoms with Crippen molar-refractivity contribution in [1.82, 2.24) is 0 Å². The zero-order chi connectivity index (χ0) is 12.1. The van der Waals surface area contributed by atoms with Gasteiger partial charge in [-0.2, -0.15) is 0 Å². The van der Waals surface area contributed by atoms with Crippen molar-refractivity contribution in [3.63, 3.8) is 0 Å². The van der Waals surface area contributed by atoms with E-state index < -0.39 is 10.2 Å². The molecule has 0 unspecified atom stereocenters. The van der Waals surface area contributed by atoms with Crippen LogP contribution in [0.15, 0.2) is 18.2 Å². The van der Waals surface area contributed by atoms with E-state index in [1.54, 1.807) is 0 Å². The standard InChI is InChI=1S/C10H10ClNO4/c1-2-5-16-9-6-7(10(11)13)3-4-8(9)12(14)15/h3-4,6H,2,5H2,1H3. The molecule has 5 nitrogen and oxygen atoms in total. The Morgan fingerprint density at radius 3 is 2.75 bits per heavy atom. The molecule has 1 aromatic rings. The first-order valence-corrected chi connectivity index (χ1v) is 5.05. The molecule has 0 aliphatic heterocycles. The first-order valence-electron chi connectivity index (χ1n) is 4.67. The fourth-order valence-corrected chi connectivity index (χ4v) is 1.23. The van der Waals surface area contributed by atoms with Gasteiger partial charge in [0.25, 0.3) is 5.24 Å². The monoisotopic (exact) mass is 243 g/mol. The molecule has 0 spiro atoms. The summed E-state index contributed by atoms with van der Waals surface area (Å²) in [5.41, 5.74) is 0.00786. The van der Waals surface area contributed by atoms with Gasteiger partial charge >= 0.3 is 5.69 Å². The van der Waals surface area contributed by atoms with E-state index >= 15 is 0 Å². The molecule has 0 bridgehead atoms. The van der Waals surface area contributed by atoms with Gasteiger partial charge < -0.3 is 4.74 Å². The van der Waals surface area contributed by atoms with Gasteiger partial charge in [-0.15, -0.1) is 0 Å². The van der Waals surface area contributed by atoms with E-state index in [1.807, 2.05) is 6.92 Å². The van der Waals surface area contributed by atoms with E-state index in [2.05, 4.69) is 0 Å². The van der Waals surface area contributed by atoms with Gasteiger partial charge in [0, 0.05) is 11.6 Å². The van der Waals surface area contributed by atoms with Gasteiger partial charge in [0.05, 0.1) is 11.5 Å². The van der Waals surface area contributed by atoms with Gasteiger partial charge in [-0.3, -0.25) is 14.9 Å². The predicted octanol–water partition coefficient (Wildman–Crippen LogP) is 2.76. The summed E-state index contributed by atoms with van der Waals surface area (Å²) in [6.07, 6.45) is 0.718.